The molecule has 1 amide bonds. The second-order valence-electron chi connectivity index (χ2n) is 5.16. The number of nitrogens with one attached hydrogen (secondary N) is 1. The molecule has 4 heteroatoms. The zero-order valence-electron chi connectivity index (χ0n) is 11.9. The molecule has 1 aliphatic heterocycles. The normalized spacial score (nSPS) is 18.7. The third-order valence-electron chi connectivity index (χ3n) is 3.60. The predicted molar refractivity (Wildman–Crippen MR) is 80.9 cm³/mol. The van der Waals surface area contributed by atoms with Gasteiger partial charge in [-0.2, -0.15) is 0 Å². The average molecular weight is 280 g/mol. The zero-order valence-corrected chi connectivity index (χ0v) is 12.8. The van der Waals surface area contributed by atoms with Crippen LogP contribution in [0.15, 0.2) is 12.1 Å². The number of hydrogen-bond donors (Lipinski definition) is 1. The lowest BCUT2D eigenvalue weighted by Gasteiger charge is -2.25. The van der Waals surface area contributed by atoms with Gasteiger partial charge in [-0.1, -0.05) is 13.8 Å². The van der Waals surface area contributed by atoms with Crippen molar-refractivity contribution >= 4 is 17.2 Å². The minimum absolute atomic E-state index is 0.209. The topological polar surface area (TPSA) is 32.3 Å². The van der Waals surface area contributed by atoms with Crippen molar-refractivity contribution < 1.29 is 4.79 Å². The van der Waals surface area contributed by atoms with Gasteiger partial charge in [0.25, 0.3) is 5.91 Å². The summed E-state index contributed by atoms with van der Waals surface area (Å²) in [7, 11) is 0. The number of rotatable bonds is 6. The molecule has 1 N–H and O–H groups in total. The maximum absolute atomic E-state index is 12.6. The van der Waals surface area contributed by atoms with Crippen LogP contribution in [-0.4, -0.2) is 36.5 Å². The smallest absolute Gasteiger partial charge is 0.263 e. The summed E-state index contributed by atoms with van der Waals surface area (Å²) < 4.78 is 0. The summed E-state index contributed by atoms with van der Waals surface area (Å²) in [4.78, 5) is 16.8. The van der Waals surface area contributed by atoms with E-state index in [9.17, 15) is 4.79 Å². The molecule has 1 aromatic heterocycles. The van der Waals surface area contributed by atoms with Gasteiger partial charge in [-0.15, -0.1) is 11.3 Å². The van der Waals surface area contributed by atoms with Crippen LogP contribution < -0.4 is 5.32 Å². The zero-order chi connectivity index (χ0) is 13.7. The minimum atomic E-state index is 0.209. The molecule has 106 valence electrons. The van der Waals surface area contributed by atoms with Gasteiger partial charge in [0.15, 0.2) is 0 Å². The van der Waals surface area contributed by atoms with E-state index in [0.29, 0.717) is 6.04 Å². The molecule has 0 radical (unpaired) electrons. The van der Waals surface area contributed by atoms with E-state index in [1.165, 1.54) is 17.7 Å². The summed E-state index contributed by atoms with van der Waals surface area (Å²) in [6, 6.07) is 4.55. The van der Waals surface area contributed by atoms with Crippen LogP contribution >= 0.6 is 11.3 Å². The van der Waals surface area contributed by atoms with Crippen LogP contribution in [-0.2, 0) is 6.42 Å². The molecule has 1 atom stereocenters. The van der Waals surface area contributed by atoms with Gasteiger partial charge in [0.05, 0.1) is 4.88 Å². The molecule has 0 bridgehead atoms. The molecule has 0 spiro atoms. The first-order valence-electron chi connectivity index (χ1n) is 7.36. The van der Waals surface area contributed by atoms with E-state index in [1.54, 1.807) is 11.3 Å². The molecule has 1 aliphatic rings. The van der Waals surface area contributed by atoms with Gasteiger partial charge >= 0.3 is 0 Å². The Balaban J connectivity index is 2.02. The highest BCUT2D eigenvalue weighted by atomic mass is 32.1. The Morgan fingerprint density at radius 3 is 2.89 bits per heavy atom. The fourth-order valence-corrected chi connectivity index (χ4v) is 3.48. The Bertz CT molecular complexity index is 410. The summed E-state index contributed by atoms with van der Waals surface area (Å²) >= 11 is 1.64. The quantitative estimate of drug-likeness (QED) is 0.869. The first-order valence-corrected chi connectivity index (χ1v) is 8.17. The fourth-order valence-electron chi connectivity index (χ4n) is 2.56. The fraction of sp³-hybridized carbons (Fsp3) is 0.667. The number of carbonyl (C=O) groups is 1. The molecule has 0 aromatic carbocycles. The lowest BCUT2D eigenvalue weighted by Crippen LogP contribution is -2.41. The van der Waals surface area contributed by atoms with Crippen molar-refractivity contribution in [3.05, 3.63) is 21.9 Å². The molecule has 1 saturated heterocycles. The van der Waals surface area contributed by atoms with E-state index < -0.39 is 0 Å². The Morgan fingerprint density at radius 2 is 2.32 bits per heavy atom. The highest BCUT2D eigenvalue weighted by Crippen LogP contribution is 2.19. The number of thiophene rings is 1. The molecular formula is C15H24N2OS. The highest BCUT2D eigenvalue weighted by molar-refractivity contribution is 7.14. The number of nitrogens with zero attached hydrogens (tertiary/aromatic N) is 1. The third kappa shape index (κ3) is 3.80. The monoisotopic (exact) mass is 280 g/mol. The number of amides is 1. The van der Waals surface area contributed by atoms with Crippen LogP contribution in [0.3, 0.4) is 0 Å². The Labute approximate surface area is 120 Å². The van der Waals surface area contributed by atoms with Crippen molar-refractivity contribution in [3.8, 4) is 0 Å². The van der Waals surface area contributed by atoms with E-state index in [-0.39, 0.29) is 5.91 Å². The number of carbonyl (C=O) groups excluding carboxylic acids is 1. The van der Waals surface area contributed by atoms with E-state index in [0.717, 1.165) is 37.4 Å². The first-order chi connectivity index (χ1) is 9.24. The lowest BCUT2D eigenvalue weighted by atomic mass is 10.2. The average Bonchev–Trinajstić information content (AvgIpc) is 3.08. The van der Waals surface area contributed by atoms with E-state index in [4.69, 9.17) is 0 Å². The van der Waals surface area contributed by atoms with Crippen LogP contribution in [0, 0.1) is 0 Å². The SMILES string of the molecule is CCCN(CC1CCCN1)C(=O)c1ccc(CC)s1. The minimum Gasteiger partial charge on any atom is -0.336 e. The van der Waals surface area contributed by atoms with Crippen LogP contribution in [0.5, 0.6) is 0 Å². The maximum Gasteiger partial charge on any atom is 0.263 e. The van der Waals surface area contributed by atoms with E-state index in [1.807, 2.05) is 11.0 Å². The van der Waals surface area contributed by atoms with Gasteiger partial charge in [0.2, 0.25) is 0 Å². The second kappa shape index (κ2) is 7.06. The summed E-state index contributed by atoms with van der Waals surface area (Å²) in [5.74, 6) is 0.209. The number of hydrogen-bond acceptors (Lipinski definition) is 3. The second-order valence-corrected chi connectivity index (χ2v) is 6.33. The van der Waals surface area contributed by atoms with Crippen molar-refractivity contribution in [1.82, 2.24) is 10.2 Å². The summed E-state index contributed by atoms with van der Waals surface area (Å²) in [6.07, 6.45) is 4.45. The van der Waals surface area contributed by atoms with Crippen LogP contribution in [0.1, 0.15) is 47.7 Å². The lowest BCUT2D eigenvalue weighted by molar-refractivity contribution is 0.0747. The molecule has 2 heterocycles. The molecule has 1 unspecified atom stereocenters. The van der Waals surface area contributed by atoms with Crippen LogP contribution in [0.4, 0.5) is 0 Å². The Hall–Kier alpha value is -0.870. The Morgan fingerprint density at radius 1 is 1.47 bits per heavy atom. The number of aryl methyl sites for hydroxylation is 1. The van der Waals surface area contributed by atoms with Crippen molar-refractivity contribution in [2.75, 3.05) is 19.6 Å². The maximum atomic E-state index is 12.6. The molecular weight excluding hydrogens is 256 g/mol. The van der Waals surface area contributed by atoms with Crippen LogP contribution in [0.2, 0.25) is 0 Å². The van der Waals surface area contributed by atoms with Gasteiger partial charge in [-0.25, -0.2) is 0 Å². The molecule has 2 rings (SSSR count). The largest absolute Gasteiger partial charge is 0.336 e. The molecule has 0 saturated carbocycles. The summed E-state index contributed by atoms with van der Waals surface area (Å²) in [5, 5.41) is 3.48. The van der Waals surface area contributed by atoms with Gasteiger partial charge < -0.3 is 10.2 Å². The van der Waals surface area contributed by atoms with Gasteiger partial charge in [-0.05, 0) is 44.4 Å². The molecule has 19 heavy (non-hydrogen) atoms. The van der Waals surface area contributed by atoms with Crippen LogP contribution in [0.25, 0.3) is 0 Å². The van der Waals surface area contributed by atoms with E-state index in [2.05, 4.69) is 25.2 Å². The molecule has 3 nitrogen and oxygen atoms in total. The molecule has 1 aromatic rings. The van der Waals surface area contributed by atoms with Gasteiger partial charge in [-0.3, -0.25) is 4.79 Å². The van der Waals surface area contributed by atoms with Crippen molar-refractivity contribution in [2.24, 2.45) is 0 Å². The van der Waals surface area contributed by atoms with Crippen molar-refractivity contribution in [2.45, 2.75) is 45.6 Å². The summed E-state index contributed by atoms with van der Waals surface area (Å²) in [5.41, 5.74) is 0. The third-order valence-corrected chi connectivity index (χ3v) is 4.82. The highest BCUT2D eigenvalue weighted by Gasteiger charge is 2.22. The van der Waals surface area contributed by atoms with Crippen molar-refractivity contribution in [1.29, 1.82) is 0 Å². The molecule has 0 aliphatic carbocycles. The van der Waals surface area contributed by atoms with Crippen molar-refractivity contribution in [3.63, 3.8) is 0 Å². The summed E-state index contributed by atoms with van der Waals surface area (Å²) in [6.45, 7) is 7.07. The Kier molecular flexibility index (Phi) is 5.40. The first kappa shape index (κ1) is 14.5. The standard InChI is InChI=1S/C15H24N2OS/c1-3-10-17(11-12-6-5-9-16-12)15(18)14-8-7-13(4-2)19-14/h7-8,12,16H,3-6,9-11H2,1-2H3. The van der Waals surface area contributed by atoms with Gasteiger partial charge in [0.1, 0.15) is 0 Å². The molecule has 1 fully saturated rings. The predicted octanol–water partition coefficient (Wildman–Crippen LogP) is 2.91. The van der Waals surface area contributed by atoms with E-state index >= 15 is 0 Å². The van der Waals surface area contributed by atoms with Gasteiger partial charge in [0, 0.05) is 24.0 Å².